The summed E-state index contributed by atoms with van der Waals surface area (Å²) in [6.07, 6.45) is 0.190. The minimum absolute atomic E-state index is 0.106. The lowest BCUT2D eigenvalue weighted by Gasteiger charge is -2.28. The monoisotopic (exact) mass is 361 g/mol. The maximum absolute atomic E-state index is 13.8. The quantitative estimate of drug-likeness (QED) is 0.877. The number of halogens is 2. The summed E-state index contributed by atoms with van der Waals surface area (Å²) >= 11 is 5.73. The van der Waals surface area contributed by atoms with E-state index in [0.717, 1.165) is 0 Å². The number of benzene rings is 2. The van der Waals surface area contributed by atoms with Crippen LogP contribution in [-0.4, -0.2) is 24.4 Å². The Morgan fingerprint density at radius 1 is 1.36 bits per heavy atom. The van der Waals surface area contributed by atoms with Crippen molar-refractivity contribution in [3.8, 4) is 0 Å². The molecule has 1 heterocycles. The highest BCUT2D eigenvalue weighted by atomic mass is 35.5. The zero-order valence-electron chi connectivity index (χ0n) is 13.6. The van der Waals surface area contributed by atoms with E-state index in [1.54, 1.807) is 35.2 Å². The molecule has 1 atom stereocenters. The smallest absolute Gasteiger partial charge is 0.246 e. The summed E-state index contributed by atoms with van der Waals surface area (Å²) in [7, 11) is 0. The zero-order chi connectivity index (χ0) is 18.0. The predicted octanol–water partition coefficient (Wildman–Crippen LogP) is 3.65. The summed E-state index contributed by atoms with van der Waals surface area (Å²) in [4.78, 5) is 26.3. The Morgan fingerprint density at radius 2 is 2.12 bits per heavy atom. The molecule has 0 unspecified atom stereocenters. The van der Waals surface area contributed by atoms with E-state index in [1.165, 1.54) is 12.1 Å². The third kappa shape index (κ3) is 3.74. The SMILES string of the molecule is C[C@H]1CC(=O)Nc2ccccc2N1C(=O)CNc1ccc(Cl)cc1F. The van der Waals surface area contributed by atoms with Gasteiger partial charge in [-0.15, -0.1) is 0 Å². The first-order valence-electron chi connectivity index (χ1n) is 7.85. The van der Waals surface area contributed by atoms with Crippen LogP contribution in [0.5, 0.6) is 0 Å². The number of amides is 2. The Balaban J connectivity index is 1.81. The summed E-state index contributed by atoms with van der Waals surface area (Å²) in [5.74, 6) is -0.931. The molecule has 5 nitrogen and oxygen atoms in total. The van der Waals surface area contributed by atoms with Gasteiger partial charge in [0.05, 0.1) is 23.6 Å². The van der Waals surface area contributed by atoms with E-state index in [4.69, 9.17) is 11.6 Å². The standard InChI is InChI=1S/C18H17ClFN3O2/c1-11-8-17(24)22-15-4-2-3-5-16(15)23(11)18(25)10-21-14-7-6-12(19)9-13(14)20/h2-7,9,11,21H,8,10H2,1H3,(H,22,24)/t11-/m0/s1. The number of hydrogen-bond donors (Lipinski definition) is 2. The van der Waals surface area contributed by atoms with Gasteiger partial charge in [-0.1, -0.05) is 23.7 Å². The van der Waals surface area contributed by atoms with E-state index in [9.17, 15) is 14.0 Å². The molecule has 7 heteroatoms. The molecule has 0 aliphatic carbocycles. The van der Waals surface area contributed by atoms with Crippen LogP contribution in [0.15, 0.2) is 42.5 Å². The van der Waals surface area contributed by atoms with Gasteiger partial charge in [-0.25, -0.2) is 4.39 Å². The minimum atomic E-state index is -0.526. The molecule has 2 amide bonds. The number of nitrogens with one attached hydrogen (secondary N) is 2. The normalized spacial score (nSPS) is 16.7. The Kier molecular flexibility index (Phi) is 4.90. The van der Waals surface area contributed by atoms with E-state index in [-0.39, 0.29) is 41.5 Å². The number of carbonyl (C=O) groups excluding carboxylic acids is 2. The predicted molar refractivity (Wildman–Crippen MR) is 96.5 cm³/mol. The molecule has 0 bridgehead atoms. The van der Waals surface area contributed by atoms with Crippen molar-refractivity contribution in [3.05, 3.63) is 53.3 Å². The lowest BCUT2D eigenvalue weighted by molar-refractivity contribution is -0.118. The molecule has 0 aromatic heterocycles. The summed E-state index contributed by atoms with van der Waals surface area (Å²) < 4.78 is 13.8. The van der Waals surface area contributed by atoms with Crippen LogP contribution >= 0.6 is 11.6 Å². The minimum Gasteiger partial charge on any atom is -0.374 e. The number of rotatable bonds is 3. The van der Waals surface area contributed by atoms with Crippen LogP contribution in [0.1, 0.15) is 13.3 Å². The van der Waals surface area contributed by atoms with E-state index >= 15 is 0 Å². The van der Waals surface area contributed by atoms with Crippen LogP contribution in [0, 0.1) is 5.82 Å². The van der Waals surface area contributed by atoms with Crippen molar-refractivity contribution in [2.75, 3.05) is 22.1 Å². The molecule has 3 rings (SSSR count). The molecule has 25 heavy (non-hydrogen) atoms. The van der Waals surface area contributed by atoms with Crippen LogP contribution in [0.4, 0.5) is 21.5 Å². The maximum atomic E-state index is 13.8. The second-order valence-corrected chi connectivity index (χ2v) is 6.30. The second kappa shape index (κ2) is 7.11. The van der Waals surface area contributed by atoms with E-state index < -0.39 is 5.82 Å². The van der Waals surface area contributed by atoms with Crippen molar-refractivity contribution in [1.82, 2.24) is 0 Å². The summed E-state index contributed by atoms with van der Waals surface area (Å²) in [6, 6.07) is 11.0. The maximum Gasteiger partial charge on any atom is 0.246 e. The molecule has 0 saturated heterocycles. The fourth-order valence-electron chi connectivity index (χ4n) is 2.86. The van der Waals surface area contributed by atoms with Crippen molar-refractivity contribution in [3.63, 3.8) is 0 Å². The molecule has 2 N–H and O–H groups in total. The Morgan fingerprint density at radius 3 is 2.88 bits per heavy atom. The Bertz CT molecular complexity index is 828. The summed E-state index contributed by atoms with van der Waals surface area (Å²) in [5.41, 5.74) is 1.41. The van der Waals surface area contributed by atoms with Gasteiger partial charge in [0, 0.05) is 17.5 Å². The van der Waals surface area contributed by atoms with E-state index in [0.29, 0.717) is 11.4 Å². The number of nitrogens with zero attached hydrogens (tertiary/aromatic N) is 1. The first kappa shape index (κ1) is 17.2. The third-order valence-corrected chi connectivity index (χ3v) is 4.22. The molecule has 1 aliphatic heterocycles. The van der Waals surface area contributed by atoms with Crippen molar-refractivity contribution in [2.45, 2.75) is 19.4 Å². The fraction of sp³-hybridized carbons (Fsp3) is 0.222. The topological polar surface area (TPSA) is 61.4 Å². The molecular weight excluding hydrogens is 345 g/mol. The first-order chi connectivity index (χ1) is 12.0. The van der Waals surface area contributed by atoms with Gasteiger partial charge < -0.3 is 15.5 Å². The van der Waals surface area contributed by atoms with Crippen LogP contribution in [0.25, 0.3) is 0 Å². The molecule has 2 aromatic rings. The molecule has 0 saturated carbocycles. The van der Waals surface area contributed by atoms with Gasteiger partial charge in [-0.2, -0.15) is 0 Å². The van der Waals surface area contributed by atoms with Gasteiger partial charge >= 0.3 is 0 Å². The van der Waals surface area contributed by atoms with Crippen molar-refractivity contribution < 1.29 is 14.0 Å². The molecule has 0 spiro atoms. The van der Waals surface area contributed by atoms with Gasteiger partial charge in [-0.05, 0) is 37.3 Å². The highest BCUT2D eigenvalue weighted by Crippen LogP contribution is 2.31. The van der Waals surface area contributed by atoms with Crippen LogP contribution in [0.2, 0.25) is 5.02 Å². The Labute approximate surface area is 149 Å². The van der Waals surface area contributed by atoms with Crippen LogP contribution in [0.3, 0.4) is 0 Å². The number of anilines is 3. The lowest BCUT2D eigenvalue weighted by atomic mass is 10.1. The highest BCUT2D eigenvalue weighted by Gasteiger charge is 2.29. The van der Waals surface area contributed by atoms with Gasteiger partial charge in [0.15, 0.2) is 0 Å². The summed E-state index contributed by atoms with van der Waals surface area (Å²) in [6.45, 7) is 1.70. The molecule has 0 fully saturated rings. The van der Waals surface area contributed by atoms with Crippen molar-refractivity contribution in [2.24, 2.45) is 0 Å². The largest absolute Gasteiger partial charge is 0.374 e. The van der Waals surface area contributed by atoms with Gasteiger partial charge in [0.1, 0.15) is 5.82 Å². The number of fused-ring (bicyclic) bond motifs is 1. The average molecular weight is 362 g/mol. The molecule has 2 aromatic carbocycles. The molecular formula is C18H17ClFN3O2. The van der Waals surface area contributed by atoms with Crippen LogP contribution < -0.4 is 15.5 Å². The Hall–Kier alpha value is -2.60. The van der Waals surface area contributed by atoms with E-state index in [1.807, 2.05) is 6.92 Å². The number of hydrogen-bond acceptors (Lipinski definition) is 3. The van der Waals surface area contributed by atoms with Gasteiger partial charge in [-0.3, -0.25) is 9.59 Å². The zero-order valence-corrected chi connectivity index (χ0v) is 14.3. The van der Waals surface area contributed by atoms with Crippen molar-refractivity contribution >= 4 is 40.5 Å². The third-order valence-electron chi connectivity index (χ3n) is 3.99. The van der Waals surface area contributed by atoms with Gasteiger partial charge in [0.25, 0.3) is 0 Å². The molecule has 1 aliphatic rings. The highest BCUT2D eigenvalue weighted by molar-refractivity contribution is 6.30. The van der Waals surface area contributed by atoms with E-state index in [2.05, 4.69) is 10.6 Å². The van der Waals surface area contributed by atoms with Crippen molar-refractivity contribution in [1.29, 1.82) is 0 Å². The number of para-hydroxylation sites is 2. The van der Waals surface area contributed by atoms with Gasteiger partial charge in [0.2, 0.25) is 11.8 Å². The summed E-state index contributed by atoms with van der Waals surface area (Å²) in [5, 5.41) is 5.88. The average Bonchev–Trinajstić information content (AvgIpc) is 2.68. The number of carbonyl (C=O) groups is 2. The fourth-order valence-corrected chi connectivity index (χ4v) is 3.02. The van der Waals surface area contributed by atoms with Crippen LogP contribution in [-0.2, 0) is 9.59 Å². The first-order valence-corrected chi connectivity index (χ1v) is 8.23. The lowest BCUT2D eigenvalue weighted by Crippen LogP contribution is -2.42. The molecule has 0 radical (unpaired) electrons. The molecule has 130 valence electrons. The second-order valence-electron chi connectivity index (χ2n) is 5.86.